The summed E-state index contributed by atoms with van der Waals surface area (Å²) in [4.78, 5) is 22.6. The SMILES string of the molecule is COC(=O)CC(=O)c1cc(-c2cnn(C)c2)on1. The summed E-state index contributed by atoms with van der Waals surface area (Å²) in [6.07, 6.45) is 2.97. The maximum Gasteiger partial charge on any atom is 0.313 e. The minimum absolute atomic E-state index is 0.0965. The van der Waals surface area contributed by atoms with E-state index in [1.165, 1.54) is 13.2 Å². The molecular formula is C11H11N3O4. The number of aromatic nitrogens is 3. The lowest BCUT2D eigenvalue weighted by Crippen LogP contribution is -2.09. The van der Waals surface area contributed by atoms with E-state index in [0.717, 1.165) is 0 Å². The third-order valence-electron chi connectivity index (χ3n) is 2.32. The molecule has 0 amide bonds. The van der Waals surface area contributed by atoms with Crippen LogP contribution in [0.3, 0.4) is 0 Å². The summed E-state index contributed by atoms with van der Waals surface area (Å²) in [5.41, 5.74) is 0.807. The zero-order valence-corrected chi connectivity index (χ0v) is 9.91. The number of esters is 1. The van der Waals surface area contributed by atoms with E-state index in [1.807, 2.05) is 0 Å². The number of hydrogen-bond acceptors (Lipinski definition) is 6. The first-order valence-corrected chi connectivity index (χ1v) is 5.16. The smallest absolute Gasteiger partial charge is 0.313 e. The van der Waals surface area contributed by atoms with Gasteiger partial charge in [0.1, 0.15) is 6.42 Å². The lowest BCUT2D eigenvalue weighted by Gasteiger charge is -1.94. The molecule has 0 aliphatic carbocycles. The minimum atomic E-state index is -0.606. The van der Waals surface area contributed by atoms with Gasteiger partial charge in [-0.15, -0.1) is 0 Å². The number of hydrogen-bond donors (Lipinski definition) is 0. The zero-order chi connectivity index (χ0) is 13.1. The highest BCUT2D eigenvalue weighted by atomic mass is 16.5. The van der Waals surface area contributed by atoms with Crippen LogP contribution in [0.5, 0.6) is 0 Å². The molecule has 2 aromatic heterocycles. The molecule has 0 unspecified atom stereocenters. The molecule has 0 radical (unpaired) electrons. The highest BCUT2D eigenvalue weighted by Crippen LogP contribution is 2.19. The molecule has 0 spiro atoms. The second-order valence-corrected chi connectivity index (χ2v) is 3.66. The van der Waals surface area contributed by atoms with Crippen molar-refractivity contribution >= 4 is 11.8 Å². The van der Waals surface area contributed by atoms with Gasteiger partial charge in [0.2, 0.25) is 0 Å². The molecule has 0 saturated heterocycles. The molecule has 0 fully saturated rings. The van der Waals surface area contributed by atoms with Crippen LogP contribution in [0, 0.1) is 0 Å². The van der Waals surface area contributed by atoms with Crippen LogP contribution in [0.2, 0.25) is 0 Å². The number of aryl methyl sites for hydroxylation is 1. The number of methoxy groups -OCH3 is 1. The maximum atomic E-state index is 11.6. The molecular weight excluding hydrogens is 238 g/mol. The number of rotatable bonds is 4. The van der Waals surface area contributed by atoms with Crippen molar-refractivity contribution in [2.75, 3.05) is 7.11 Å². The van der Waals surface area contributed by atoms with Gasteiger partial charge < -0.3 is 9.26 Å². The molecule has 0 bridgehead atoms. The topological polar surface area (TPSA) is 87.2 Å². The van der Waals surface area contributed by atoms with Crippen molar-refractivity contribution in [3.05, 3.63) is 24.2 Å². The lowest BCUT2D eigenvalue weighted by molar-refractivity contribution is -0.139. The fourth-order valence-electron chi connectivity index (χ4n) is 1.38. The van der Waals surface area contributed by atoms with Crippen molar-refractivity contribution in [3.63, 3.8) is 0 Å². The van der Waals surface area contributed by atoms with Gasteiger partial charge in [-0.1, -0.05) is 5.16 Å². The molecule has 0 aliphatic rings. The Balaban J connectivity index is 2.15. The highest BCUT2D eigenvalue weighted by Gasteiger charge is 2.17. The summed E-state index contributed by atoms with van der Waals surface area (Å²) >= 11 is 0. The monoisotopic (exact) mass is 249 g/mol. The van der Waals surface area contributed by atoms with E-state index in [2.05, 4.69) is 15.0 Å². The van der Waals surface area contributed by atoms with Crippen LogP contribution in [-0.2, 0) is 16.6 Å². The predicted molar refractivity (Wildman–Crippen MR) is 59.7 cm³/mol. The Hall–Kier alpha value is -2.44. The second kappa shape index (κ2) is 4.82. The van der Waals surface area contributed by atoms with E-state index in [9.17, 15) is 9.59 Å². The van der Waals surface area contributed by atoms with E-state index in [-0.39, 0.29) is 12.1 Å². The van der Waals surface area contributed by atoms with Crippen LogP contribution in [0.1, 0.15) is 16.9 Å². The van der Waals surface area contributed by atoms with Crippen LogP contribution in [0.4, 0.5) is 0 Å². The lowest BCUT2D eigenvalue weighted by atomic mass is 10.2. The van der Waals surface area contributed by atoms with Crippen LogP contribution < -0.4 is 0 Å². The Morgan fingerprint density at radius 2 is 2.28 bits per heavy atom. The summed E-state index contributed by atoms with van der Waals surface area (Å²) in [5, 5.41) is 7.60. The minimum Gasteiger partial charge on any atom is -0.469 e. The third-order valence-corrected chi connectivity index (χ3v) is 2.32. The van der Waals surface area contributed by atoms with E-state index in [4.69, 9.17) is 4.52 Å². The van der Waals surface area contributed by atoms with Crippen molar-refractivity contribution in [1.29, 1.82) is 0 Å². The van der Waals surface area contributed by atoms with Gasteiger partial charge in [0.15, 0.2) is 17.2 Å². The number of carbonyl (C=O) groups is 2. The molecule has 0 aromatic carbocycles. The maximum absolute atomic E-state index is 11.6. The molecule has 2 rings (SSSR count). The van der Waals surface area contributed by atoms with E-state index in [1.54, 1.807) is 24.1 Å². The van der Waals surface area contributed by atoms with Crippen molar-refractivity contribution in [1.82, 2.24) is 14.9 Å². The Kier molecular flexibility index (Phi) is 3.22. The van der Waals surface area contributed by atoms with E-state index >= 15 is 0 Å². The summed E-state index contributed by atoms with van der Waals surface area (Å²) in [6, 6.07) is 1.47. The van der Waals surface area contributed by atoms with Gasteiger partial charge in [0.25, 0.3) is 0 Å². The number of ketones is 1. The average molecular weight is 249 g/mol. The molecule has 0 saturated carbocycles. The van der Waals surface area contributed by atoms with Gasteiger partial charge in [-0.3, -0.25) is 14.3 Å². The van der Waals surface area contributed by atoms with Gasteiger partial charge in [-0.05, 0) is 0 Å². The Morgan fingerprint density at radius 1 is 1.50 bits per heavy atom. The van der Waals surface area contributed by atoms with Crippen LogP contribution in [0.25, 0.3) is 11.3 Å². The molecule has 94 valence electrons. The summed E-state index contributed by atoms with van der Waals surface area (Å²) < 4.78 is 11.0. The largest absolute Gasteiger partial charge is 0.469 e. The number of carbonyl (C=O) groups excluding carboxylic acids is 2. The first-order chi connectivity index (χ1) is 8.60. The van der Waals surface area contributed by atoms with Crippen LogP contribution in [-0.4, -0.2) is 33.8 Å². The average Bonchev–Trinajstić information content (AvgIpc) is 2.96. The summed E-state index contributed by atoms with van der Waals surface area (Å²) in [6.45, 7) is 0. The Bertz CT molecular complexity index is 585. The fraction of sp³-hybridized carbons (Fsp3) is 0.273. The summed E-state index contributed by atoms with van der Waals surface area (Å²) in [5.74, 6) is -0.622. The van der Waals surface area contributed by atoms with Gasteiger partial charge in [-0.25, -0.2) is 0 Å². The Labute approximate surface area is 102 Å². The van der Waals surface area contributed by atoms with E-state index in [0.29, 0.717) is 11.3 Å². The summed E-state index contributed by atoms with van der Waals surface area (Å²) in [7, 11) is 2.99. The van der Waals surface area contributed by atoms with Gasteiger partial charge in [-0.2, -0.15) is 5.10 Å². The van der Waals surface area contributed by atoms with Gasteiger partial charge >= 0.3 is 5.97 Å². The van der Waals surface area contributed by atoms with Gasteiger partial charge in [0.05, 0.1) is 18.9 Å². The molecule has 2 aromatic rings. The molecule has 7 nitrogen and oxygen atoms in total. The van der Waals surface area contributed by atoms with Gasteiger partial charge in [0, 0.05) is 19.3 Å². The molecule has 2 heterocycles. The predicted octanol–water partition coefficient (Wildman–Crippen LogP) is 0.821. The standard InChI is InChI=1S/C11H11N3O4/c1-14-6-7(5-12-14)10-3-8(13-18-10)9(15)4-11(16)17-2/h3,5-6H,4H2,1-2H3. The molecule has 0 atom stereocenters. The molecule has 7 heteroatoms. The van der Waals surface area contributed by atoms with Crippen LogP contribution >= 0.6 is 0 Å². The van der Waals surface area contributed by atoms with Crippen molar-refractivity contribution in [3.8, 4) is 11.3 Å². The Morgan fingerprint density at radius 3 is 2.89 bits per heavy atom. The fourth-order valence-corrected chi connectivity index (χ4v) is 1.38. The first-order valence-electron chi connectivity index (χ1n) is 5.16. The van der Waals surface area contributed by atoms with Crippen LogP contribution in [0.15, 0.2) is 23.0 Å². The third kappa shape index (κ3) is 2.45. The molecule has 0 aliphatic heterocycles. The molecule has 0 N–H and O–H groups in total. The zero-order valence-electron chi connectivity index (χ0n) is 9.91. The first kappa shape index (κ1) is 12.0. The normalized spacial score (nSPS) is 10.3. The number of Topliss-reactive ketones (excluding diaryl/α,β-unsaturated/α-hetero) is 1. The van der Waals surface area contributed by atoms with Crippen molar-refractivity contribution < 1.29 is 18.8 Å². The number of ether oxygens (including phenoxy) is 1. The van der Waals surface area contributed by atoms with Crippen molar-refractivity contribution in [2.24, 2.45) is 7.05 Å². The quantitative estimate of drug-likeness (QED) is 0.453. The second-order valence-electron chi connectivity index (χ2n) is 3.66. The number of nitrogens with zero attached hydrogens (tertiary/aromatic N) is 3. The molecule has 18 heavy (non-hydrogen) atoms. The highest BCUT2D eigenvalue weighted by molar-refractivity contribution is 6.05. The van der Waals surface area contributed by atoms with Crippen molar-refractivity contribution in [2.45, 2.75) is 6.42 Å². The van der Waals surface area contributed by atoms with E-state index < -0.39 is 11.8 Å².